The molecule has 1 aliphatic carbocycles. The van der Waals surface area contributed by atoms with Gasteiger partial charge in [0.1, 0.15) is 16.2 Å². The lowest BCUT2D eigenvalue weighted by atomic mass is 10.0. The first-order valence-corrected chi connectivity index (χ1v) is 10.2. The zero-order chi connectivity index (χ0) is 17.1. The summed E-state index contributed by atoms with van der Waals surface area (Å²) in [7, 11) is 0. The lowest BCUT2D eigenvalue weighted by Crippen LogP contribution is -2.32. The normalized spacial score (nSPS) is 14.7. The van der Waals surface area contributed by atoms with Crippen LogP contribution in [0.1, 0.15) is 43.0 Å². The fraction of sp³-hybridized carbons (Fsp3) is 0.500. The van der Waals surface area contributed by atoms with Crippen LogP contribution in [0.5, 0.6) is 0 Å². The summed E-state index contributed by atoms with van der Waals surface area (Å²) in [5.41, 5.74) is 2.43. The minimum Gasteiger partial charge on any atom is -0.316 e. The van der Waals surface area contributed by atoms with Crippen LogP contribution in [-0.4, -0.2) is 33.1 Å². The zero-order valence-electron chi connectivity index (χ0n) is 14.5. The number of aryl methyl sites for hydroxylation is 2. The molecule has 2 aromatic rings. The van der Waals surface area contributed by atoms with Crippen molar-refractivity contribution in [3.63, 3.8) is 0 Å². The zero-order valence-corrected chi connectivity index (χ0v) is 16.1. The van der Waals surface area contributed by atoms with Crippen LogP contribution >= 0.6 is 23.1 Å². The third-order valence-electron chi connectivity index (χ3n) is 4.49. The number of aromatic nitrogens is 2. The smallest absolute Gasteiger partial charge is 0.237 e. The van der Waals surface area contributed by atoms with Gasteiger partial charge in [0.2, 0.25) is 5.91 Å². The number of amides is 1. The third kappa shape index (κ3) is 3.49. The molecule has 0 saturated carbocycles. The minimum atomic E-state index is 0.173. The largest absolute Gasteiger partial charge is 0.316 e. The highest BCUT2D eigenvalue weighted by Gasteiger charge is 2.19. The van der Waals surface area contributed by atoms with Gasteiger partial charge in [-0.15, -0.1) is 11.3 Å². The van der Waals surface area contributed by atoms with Crippen molar-refractivity contribution in [2.45, 2.75) is 51.5 Å². The number of hydrogen-bond acceptors (Lipinski definition) is 5. The van der Waals surface area contributed by atoms with E-state index in [1.807, 2.05) is 11.8 Å². The van der Waals surface area contributed by atoms with Gasteiger partial charge in [0.25, 0.3) is 0 Å². The van der Waals surface area contributed by atoms with Crippen LogP contribution in [0.3, 0.4) is 0 Å². The van der Waals surface area contributed by atoms with E-state index < -0.39 is 0 Å². The Hall–Kier alpha value is -1.40. The first kappa shape index (κ1) is 17.4. The fourth-order valence-corrected chi connectivity index (χ4v) is 5.07. The molecule has 0 fully saturated rings. The number of fused-ring (bicyclic) bond motifs is 1. The molecule has 0 unspecified atom stereocenters. The highest BCUT2D eigenvalue weighted by atomic mass is 32.2. The second-order valence-electron chi connectivity index (χ2n) is 6.01. The molecule has 0 saturated heterocycles. The van der Waals surface area contributed by atoms with Crippen molar-refractivity contribution in [2.75, 3.05) is 12.3 Å². The Morgan fingerprint density at radius 2 is 2.17 bits per heavy atom. The topological polar surface area (TPSA) is 46.1 Å². The van der Waals surface area contributed by atoms with Crippen molar-refractivity contribution >= 4 is 39.2 Å². The van der Waals surface area contributed by atoms with E-state index in [-0.39, 0.29) is 5.91 Å². The van der Waals surface area contributed by atoms with Crippen molar-refractivity contribution in [3.05, 3.63) is 28.5 Å². The van der Waals surface area contributed by atoms with Crippen molar-refractivity contribution in [3.8, 4) is 0 Å². The maximum Gasteiger partial charge on any atom is 0.237 e. The molecule has 0 atom stereocenters. The van der Waals surface area contributed by atoms with Crippen LogP contribution in [0.25, 0.3) is 10.2 Å². The van der Waals surface area contributed by atoms with E-state index in [0.717, 1.165) is 34.6 Å². The summed E-state index contributed by atoms with van der Waals surface area (Å²) in [5.74, 6) is 0.595. The maximum absolute atomic E-state index is 12.7. The summed E-state index contributed by atoms with van der Waals surface area (Å²) in [5, 5.41) is 2.03. The van der Waals surface area contributed by atoms with E-state index in [1.54, 1.807) is 17.7 Å². The number of hydrogen-bond donors (Lipinski definition) is 0. The number of carbonyl (C=O) groups excluding carboxylic acids is 1. The molecule has 6 heteroatoms. The van der Waals surface area contributed by atoms with Gasteiger partial charge in [-0.2, -0.15) is 0 Å². The Bertz CT molecular complexity index is 782. The predicted octanol–water partition coefficient (Wildman–Crippen LogP) is 4.71. The Morgan fingerprint density at radius 3 is 2.88 bits per heavy atom. The molecule has 0 bridgehead atoms. The average Bonchev–Trinajstić information content (AvgIpc) is 2.89. The van der Waals surface area contributed by atoms with Gasteiger partial charge in [0.15, 0.2) is 0 Å². The predicted molar refractivity (Wildman–Crippen MR) is 102 cm³/mol. The lowest BCUT2D eigenvalue weighted by Gasteiger charge is -2.26. The molecule has 0 aliphatic heterocycles. The molecule has 0 radical (unpaired) electrons. The molecule has 128 valence electrons. The van der Waals surface area contributed by atoms with E-state index in [2.05, 4.69) is 29.9 Å². The van der Waals surface area contributed by atoms with Gasteiger partial charge in [0, 0.05) is 22.5 Å². The summed E-state index contributed by atoms with van der Waals surface area (Å²) in [4.78, 5) is 25.7. The quantitative estimate of drug-likeness (QED) is 0.572. The van der Waals surface area contributed by atoms with Crippen LogP contribution in [0.4, 0.5) is 0 Å². The number of rotatable bonds is 5. The van der Waals surface area contributed by atoms with Crippen molar-refractivity contribution in [1.29, 1.82) is 0 Å². The Balaban J connectivity index is 1.75. The van der Waals surface area contributed by atoms with Crippen molar-refractivity contribution < 1.29 is 4.79 Å². The van der Waals surface area contributed by atoms with Gasteiger partial charge in [-0.25, -0.2) is 9.97 Å². The van der Waals surface area contributed by atoms with Gasteiger partial charge in [-0.3, -0.25) is 4.79 Å². The van der Waals surface area contributed by atoms with E-state index in [9.17, 15) is 4.79 Å². The van der Waals surface area contributed by atoms with Crippen LogP contribution in [0.15, 0.2) is 23.1 Å². The van der Waals surface area contributed by atoms with Gasteiger partial charge in [-0.1, -0.05) is 17.8 Å². The van der Waals surface area contributed by atoms with Crippen LogP contribution in [0.2, 0.25) is 0 Å². The molecule has 2 heterocycles. The monoisotopic (exact) mass is 361 g/mol. The molecule has 1 amide bonds. The number of nitrogens with zero attached hydrogens (tertiary/aromatic N) is 3. The fourth-order valence-electron chi connectivity index (χ4n) is 3.07. The van der Waals surface area contributed by atoms with Crippen LogP contribution < -0.4 is 0 Å². The van der Waals surface area contributed by atoms with Gasteiger partial charge < -0.3 is 4.90 Å². The number of carbonyl (C=O) groups is 1. The molecule has 3 rings (SSSR count). The van der Waals surface area contributed by atoms with Gasteiger partial charge >= 0.3 is 0 Å². The molecule has 0 aromatic carbocycles. The molecular weight excluding hydrogens is 338 g/mol. The summed E-state index contributed by atoms with van der Waals surface area (Å²) in [6, 6.07) is 0. The number of thiophene rings is 1. The van der Waals surface area contributed by atoms with E-state index in [0.29, 0.717) is 5.75 Å². The second kappa shape index (κ2) is 7.66. The van der Waals surface area contributed by atoms with Gasteiger partial charge in [0.05, 0.1) is 5.75 Å². The third-order valence-corrected chi connectivity index (χ3v) is 6.58. The highest BCUT2D eigenvalue weighted by Crippen LogP contribution is 2.34. The van der Waals surface area contributed by atoms with E-state index in [4.69, 9.17) is 0 Å². The number of thioether (sulfide) groups is 1. The molecule has 4 nitrogen and oxygen atoms in total. The summed E-state index contributed by atoms with van der Waals surface area (Å²) < 4.78 is 0. The first-order chi connectivity index (χ1) is 11.6. The molecule has 1 aliphatic rings. The number of allylic oxidation sites excluding steroid dienone is 2. The molecular formula is C18H23N3OS2. The maximum atomic E-state index is 12.7. The SMILES string of the molecule is CCN(C(=O)CSc1ncnc2sc(C)c(C)c12)C1=CCCCC1. The average molecular weight is 362 g/mol. The summed E-state index contributed by atoms with van der Waals surface area (Å²) >= 11 is 3.22. The van der Waals surface area contributed by atoms with Crippen molar-refractivity contribution in [2.24, 2.45) is 0 Å². The van der Waals surface area contributed by atoms with Crippen LogP contribution in [-0.2, 0) is 4.79 Å². The lowest BCUT2D eigenvalue weighted by molar-refractivity contribution is -0.126. The minimum absolute atomic E-state index is 0.173. The Morgan fingerprint density at radius 1 is 1.33 bits per heavy atom. The highest BCUT2D eigenvalue weighted by molar-refractivity contribution is 8.00. The summed E-state index contributed by atoms with van der Waals surface area (Å²) in [6.07, 6.45) is 8.36. The molecule has 0 spiro atoms. The first-order valence-electron chi connectivity index (χ1n) is 8.44. The second-order valence-corrected chi connectivity index (χ2v) is 8.18. The van der Waals surface area contributed by atoms with E-state index >= 15 is 0 Å². The Labute approximate surface area is 151 Å². The Kier molecular flexibility index (Phi) is 5.56. The molecule has 2 aromatic heterocycles. The van der Waals surface area contributed by atoms with Crippen LogP contribution in [0, 0.1) is 13.8 Å². The van der Waals surface area contributed by atoms with Gasteiger partial charge in [-0.05, 0) is 52.0 Å². The summed E-state index contributed by atoms with van der Waals surface area (Å²) in [6.45, 7) is 7.00. The standard InChI is InChI=1S/C18H23N3OS2/c1-4-21(14-8-6-5-7-9-14)15(22)10-23-17-16-12(2)13(3)24-18(16)20-11-19-17/h8,11H,4-7,9-10H2,1-3H3. The molecule has 0 N–H and O–H groups in total. The van der Waals surface area contributed by atoms with E-state index in [1.165, 1.54) is 40.7 Å². The molecule has 24 heavy (non-hydrogen) atoms. The van der Waals surface area contributed by atoms with Crippen molar-refractivity contribution in [1.82, 2.24) is 14.9 Å².